The first-order valence-electron chi connectivity index (χ1n) is 13.7. The Balaban J connectivity index is 1.52. The second-order valence-electron chi connectivity index (χ2n) is 10.6. The van der Waals surface area contributed by atoms with Gasteiger partial charge in [-0.25, -0.2) is 0 Å². The van der Waals surface area contributed by atoms with Crippen molar-refractivity contribution in [2.24, 2.45) is 0 Å². The van der Waals surface area contributed by atoms with E-state index in [2.05, 4.69) is 0 Å². The van der Waals surface area contributed by atoms with E-state index in [1.54, 1.807) is 0 Å². The van der Waals surface area contributed by atoms with Crippen molar-refractivity contribution in [3.8, 4) is 34.5 Å². The summed E-state index contributed by atoms with van der Waals surface area (Å²) in [4.78, 5) is 0. The van der Waals surface area contributed by atoms with E-state index in [4.69, 9.17) is 28.4 Å². The highest BCUT2D eigenvalue weighted by Crippen LogP contribution is 2.47. The molecule has 2 aromatic rings. The Morgan fingerprint density at radius 3 is 1.82 bits per heavy atom. The van der Waals surface area contributed by atoms with Gasteiger partial charge in [0.05, 0.1) is 25.9 Å². The molecule has 0 spiro atoms. The molecule has 11 atom stereocenters. The van der Waals surface area contributed by atoms with Crippen LogP contribution in [-0.4, -0.2) is 138 Å². The standard InChI is InChI=1S/C28H34O17/c1-40-15-3-9(2-13(32)19(15)33)26-16(43-28-25(39)23(37)21(35)18(8-30)45-28)6-11-12(31)4-10(5-14(11)42-26)41-27-24(38)22(36)20(34)17(7-29)44-27/h2-6,17-18,20-39H,7-8H2,1H3. The maximum atomic E-state index is 10.9. The lowest BCUT2D eigenvalue weighted by molar-refractivity contribution is -0.293. The number of ether oxygens (including phenoxy) is 6. The lowest BCUT2D eigenvalue weighted by Gasteiger charge is -2.41. The van der Waals surface area contributed by atoms with Gasteiger partial charge in [0.2, 0.25) is 18.3 Å². The zero-order chi connectivity index (χ0) is 32.7. The van der Waals surface area contributed by atoms with Crippen LogP contribution in [0, 0.1) is 0 Å². The van der Waals surface area contributed by atoms with Crippen molar-refractivity contribution in [3.63, 3.8) is 0 Å². The van der Waals surface area contributed by atoms with Crippen molar-refractivity contribution < 1.29 is 84.6 Å². The summed E-state index contributed by atoms with van der Waals surface area (Å²) in [6.07, 6.45) is -16.2. The molecular formula is C28H34O17. The third kappa shape index (κ3) is 6.15. The highest BCUT2D eigenvalue weighted by molar-refractivity contribution is 5.70. The van der Waals surface area contributed by atoms with Crippen LogP contribution in [0.1, 0.15) is 17.2 Å². The Bertz CT molecular complexity index is 1400. The zero-order valence-electron chi connectivity index (χ0n) is 23.5. The molecule has 0 bridgehead atoms. The van der Waals surface area contributed by atoms with E-state index in [9.17, 15) is 56.2 Å². The minimum Gasteiger partial charge on any atom is -0.507 e. The van der Waals surface area contributed by atoms with Crippen LogP contribution in [0.3, 0.4) is 0 Å². The van der Waals surface area contributed by atoms with E-state index >= 15 is 0 Å². The van der Waals surface area contributed by atoms with Crippen LogP contribution in [0.15, 0.2) is 30.0 Å². The number of hydrogen-bond acceptors (Lipinski definition) is 17. The first-order chi connectivity index (χ1) is 21.4. The van der Waals surface area contributed by atoms with Gasteiger partial charge in [-0.1, -0.05) is 0 Å². The van der Waals surface area contributed by atoms with Crippen molar-refractivity contribution >= 4 is 6.08 Å². The summed E-state index contributed by atoms with van der Waals surface area (Å²) in [7, 11) is 1.23. The minimum atomic E-state index is -1.81. The molecule has 3 aliphatic heterocycles. The van der Waals surface area contributed by atoms with Gasteiger partial charge in [-0.05, 0) is 18.2 Å². The van der Waals surface area contributed by atoms with E-state index in [1.807, 2.05) is 0 Å². The van der Waals surface area contributed by atoms with Gasteiger partial charge in [-0.3, -0.25) is 0 Å². The smallest absolute Gasteiger partial charge is 0.229 e. The summed E-state index contributed by atoms with van der Waals surface area (Å²) in [5, 5.41) is 112. The third-order valence-electron chi connectivity index (χ3n) is 7.68. The Morgan fingerprint density at radius 1 is 0.689 bits per heavy atom. The van der Waals surface area contributed by atoms with Gasteiger partial charge >= 0.3 is 0 Å². The maximum absolute atomic E-state index is 10.9. The van der Waals surface area contributed by atoms with Crippen molar-refractivity contribution in [1.82, 2.24) is 0 Å². The number of hydrogen-bond donors (Lipinski definition) is 11. The summed E-state index contributed by atoms with van der Waals surface area (Å²) < 4.78 is 33.5. The van der Waals surface area contributed by atoms with Gasteiger partial charge < -0.3 is 84.6 Å². The summed E-state index contributed by atoms with van der Waals surface area (Å²) >= 11 is 0. The Labute approximate surface area is 254 Å². The predicted octanol–water partition coefficient (Wildman–Crippen LogP) is -2.72. The van der Waals surface area contributed by atoms with E-state index in [-0.39, 0.29) is 34.1 Å². The molecule has 0 amide bonds. The number of benzene rings is 2. The Hall–Kier alpha value is -3.62. The highest BCUT2D eigenvalue weighted by Gasteiger charge is 2.47. The number of phenols is 3. The number of rotatable bonds is 8. The van der Waals surface area contributed by atoms with Crippen LogP contribution >= 0.6 is 0 Å². The molecule has 11 N–H and O–H groups in total. The van der Waals surface area contributed by atoms with Crippen molar-refractivity contribution in [3.05, 3.63) is 41.2 Å². The molecule has 2 aromatic carbocycles. The fraction of sp³-hybridized carbons (Fsp3) is 0.500. The number of aliphatic hydroxyl groups is 8. The molecule has 5 rings (SSSR count). The minimum absolute atomic E-state index is 0.00181. The van der Waals surface area contributed by atoms with E-state index < -0.39 is 98.0 Å². The fourth-order valence-electron chi connectivity index (χ4n) is 5.15. The number of aliphatic hydroxyl groups excluding tert-OH is 8. The number of fused-ring (bicyclic) bond motifs is 1. The molecule has 3 heterocycles. The lowest BCUT2D eigenvalue weighted by atomic mass is 9.98. The van der Waals surface area contributed by atoms with Crippen molar-refractivity contribution in [1.29, 1.82) is 0 Å². The van der Waals surface area contributed by atoms with Gasteiger partial charge in [0.25, 0.3) is 0 Å². The molecule has 0 radical (unpaired) electrons. The molecule has 2 fully saturated rings. The normalized spacial score (nSPS) is 34.7. The predicted molar refractivity (Wildman–Crippen MR) is 145 cm³/mol. The molecule has 11 unspecified atom stereocenters. The first kappa shape index (κ1) is 32.8. The average molecular weight is 643 g/mol. The molecule has 3 aliphatic rings. The molecule has 0 aliphatic carbocycles. The van der Waals surface area contributed by atoms with Gasteiger partial charge in [-0.2, -0.15) is 0 Å². The molecule has 0 aromatic heterocycles. The molecule has 45 heavy (non-hydrogen) atoms. The van der Waals surface area contributed by atoms with Gasteiger partial charge in [0.15, 0.2) is 17.6 Å². The molecule has 17 nitrogen and oxygen atoms in total. The zero-order valence-corrected chi connectivity index (χ0v) is 23.5. The number of methoxy groups -OCH3 is 1. The van der Waals surface area contributed by atoms with E-state index in [0.717, 1.165) is 12.1 Å². The third-order valence-corrected chi connectivity index (χ3v) is 7.68. The maximum Gasteiger partial charge on any atom is 0.229 e. The van der Waals surface area contributed by atoms with E-state index in [1.165, 1.54) is 25.3 Å². The van der Waals surface area contributed by atoms with Crippen LogP contribution in [-0.2, 0) is 14.2 Å². The monoisotopic (exact) mass is 642 g/mol. The Kier molecular flexibility index (Phi) is 9.47. The molecule has 17 heteroatoms. The van der Waals surface area contributed by atoms with Crippen LogP contribution < -0.4 is 14.2 Å². The summed E-state index contributed by atoms with van der Waals surface area (Å²) in [5.74, 6) is -2.18. The summed E-state index contributed by atoms with van der Waals surface area (Å²) in [6.45, 7) is -1.43. The second-order valence-corrected chi connectivity index (χ2v) is 10.6. The molecule has 248 valence electrons. The molecule has 2 saturated heterocycles. The van der Waals surface area contributed by atoms with Gasteiger partial charge in [0, 0.05) is 17.7 Å². The van der Waals surface area contributed by atoms with Crippen molar-refractivity contribution in [2.45, 2.75) is 67.5 Å². The number of aromatic hydroxyl groups is 3. The van der Waals surface area contributed by atoms with E-state index in [0.29, 0.717) is 0 Å². The van der Waals surface area contributed by atoms with Crippen molar-refractivity contribution in [2.75, 3.05) is 20.3 Å². The van der Waals surface area contributed by atoms with Gasteiger partial charge in [-0.15, -0.1) is 0 Å². The fourth-order valence-corrected chi connectivity index (χ4v) is 5.15. The largest absolute Gasteiger partial charge is 0.507 e. The SMILES string of the molecule is COc1cc(C2Oc3cc(OC4OC(CO)C(O)C(O)C4O)cc(O)c3C=C2OC2OC(CO)C(O)C(O)C2O)cc(O)c1O. The summed E-state index contributed by atoms with van der Waals surface area (Å²) in [5.41, 5.74) is 0.116. The molecular weight excluding hydrogens is 608 g/mol. The van der Waals surface area contributed by atoms with Crippen LogP contribution in [0.25, 0.3) is 6.08 Å². The van der Waals surface area contributed by atoms with Crippen LogP contribution in [0.4, 0.5) is 0 Å². The highest BCUT2D eigenvalue weighted by atomic mass is 16.7. The second kappa shape index (κ2) is 13.0. The molecule has 0 saturated carbocycles. The lowest BCUT2D eigenvalue weighted by Crippen LogP contribution is -2.60. The Morgan fingerprint density at radius 2 is 1.27 bits per heavy atom. The van der Waals surface area contributed by atoms with Crippen LogP contribution in [0.5, 0.6) is 34.5 Å². The van der Waals surface area contributed by atoms with Gasteiger partial charge in [0.1, 0.15) is 71.8 Å². The topological polar surface area (TPSA) is 278 Å². The first-order valence-corrected chi connectivity index (χ1v) is 13.7. The quantitative estimate of drug-likeness (QED) is 0.131. The average Bonchev–Trinajstić information content (AvgIpc) is 3.02. The number of phenolic OH excluding ortho intramolecular Hbond substituents is 3. The van der Waals surface area contributed by atoms with Crippen LogP contribution in [0.2, 0.25) is 0 Å². The summed E-state index contributed by atoms with van der Waals surface area (Å²) in [6, 6.07) is 4.78.